The normalized spacial score (nSPS) is 17.7. The minimum Gasteiger partial charge on any atom is -0.493 e. The van der Waals surface area contributed by atoms with Crippen molar-refractivity contribution in [1.29, 1.82) is 0 Å². The minimum absolute atomic E-state index is 0.00596. The van der Waals surface area contributed by atoms with E-state index in [-0.39, 0.29) is 12.5 Å². The van der Waals surface area contributed by atoms with Gasteiger partial charge in [-0.1, -0.05) is 18.2 Å². The Bertz CT molecular complexity index is 690. The number of benzene rings is 1. The highest BCUT2D eigenvalue weighted by Crippen LogP contribution is 2.25. The van der Waals surface area contributed by atoms with Gasteiger partial charge in [-0.15, -0.1) is 11.3 Å². The van der Waals surface area contributed by atoms with Crippen molar-refractivity contribution in [2.75, 3.05) is 33.4 Å². The van der Waals surface area contributed by atoms with Crippen LogP contribution in [0.2, 0.25) is 0 Å². The molecule has 0 bridgehead atoms. The van der Waals surface area contributed by atoms with Gasteiger partial charge in [0, 0.05) is 24.5 Å². The second kappa shape index (κ2) is 9.59. The van der Waals surface area contributed by atoms with Crippen LogP contribution in [0.3, 0.4) is 0 Å². The van der Waals surface area contributed by atoms with E-state index in [4.69, 9.17) is 9.47 Å². The van der Waals surface area contributed by atoms with E-state index in [0.29, 0.717) is 24.0 Å². The first-order valence-electron chi connectivity index (χ1n) is 9.02. The van der Waals surface area contributed by atoms with Crippen molar-refractivity contribution in [2.24, 2.45) is 5.92 Å². The van der Waals surface area contributed by atoms with Crippen molar-refractivity contribution >= 4 is 17.2 Å². The summed E-state index contributed by atoms with van der Waals surface area (Å²) >= 11 is 1.81. The van der Waals surface area contributed by atoms with Crippen molar-refractivity contribution in [3.05, 3.63) is 46.7 Å². The van der Waals surface area contributed by atoms with Gasteiger partial charge in [-0.2, -0.15) is 0 Å². The quantitative estimate of drug-likeness (QED) is 0.771. The number of amides is 1. The van der Waals surface area contributed by atoms with Gasteiger partial charge in [0.1, 0.15) is 0 Å². The fourth-order valence-electron chi connectivity index (χ4n) is 3.27. The summed E-state index contributed by atoms with van der Waals surface area (Å²) in [5.41, 5.74) is 0. The van der Waals surface area contributed by atoms with E-state index in [1.807, 2.05) is 18.2 Å². The van der Waals surface area contributed by atoms with Gasteiger partial charge in [-0.05, 0) is 48.9 Å². The highest BCUT2D eigenvalue weighted by Gasteiger charge is 2.20. The molecular weight excluding hydrogens is 348 g/mol. The molecule has 6 heteroatoms. The van der Waals surface area contributed by atoms with Crippen molar-refractivity contribution in [1.82, 2.24) is 10.2 Å². The lowest BCUT2D eigenvalue weighted by Gasteiger charge is -2.32. The third kappa shape index (κ3) is 5.47. The molecule has 1 N–H and O–H groups in total. The Kier molecular flexibility index (Phi) is 6.91. The molecule has 1 saturated heterocycles. The third-order valence-corrected chi connectivity index (χ3v) is 5.44. The number of thiophene rings is 1. The first kappa shape index (κ1) is 18.7. The lowest BCUT2D eigenvalue weighted by molar-refractivity contribution is -0.123. The van der Waals surface area contributed by atoms with E-state index in [0.717, 1.165) is 26.1 Å². The van der Waals surface area contributed by atoms with E-state index in [2.05, 4.69) is 27.7 Å². The summed E-state index contributed by atoms with van der Waals surface area (Å²) in [4.78, 5) is 16.0. The number of carbonyl (C=O) groups excluding carboxylic acids is 1. The van der Waals surface area contributed by atoms with Gasteiger partial charge in [0.25, 0.3) is 5.91 Å². The van der Waals surface area contributed by atoms with Crippen LogP contribution in [-0.4, -0.2) is 44.2 Å². The van der Waals surface area contributed by atoms with Crippen molar-refractivity contribution < 1.29 is 14.3 Å². The molecule has 140 valence electrons. The molecule has 2 aromatic rings. The molecular formula is C20H26N2O3S. The summed E-state index contributed by atoms with van der Waals surface area (Å²) in [6, 6.07) is 11.6. The van der Waals surface area contributed by atoms with Gasteiger partial charge >= 0.3 is 0 Å². The van der Waals surface area contributed by atoms with Crippen LogP contribution in [0.25, 0.3) is 0 Å². The van der Waals surface area contributed by atoms with Crippen LogP contribution in [0.4, 0.5) is 0 Å². The fourth-order valence-corrected chi connectivity index (χ4v) is 4.02. The summed E-state index contributed by atoms with van der Waals surface area (Å²) in [7, 11) is 1.59. The number of hydrogen-bond donors (Lipinski definition) is 1. The summed E-state index contributed by atoms with van der Waals surface area (Å²) in [6.45, 7) is 3.89. The maximum atomic E-state index is 12.1. The Morgan fingerprint density at radius 3 is 2.88 bits per heavy atom. The highest BCUT2D eigenvalue weighted by molar-refractivity contribution is 7.09. The van der Waals surface area contributed by atoms with Crippen LogP contribution >= 0.6 is 11.3 Å². The van der Waals surface area contributed by atoms with Crippen LogP contribution in [0.5, 0.6) is 11.5 Å². The number of methoxy groups -OCH3 is 1. The van der Waals surface area contributed by atoms with Crippen LogP contribution in [0, 0.1) is 5.92 Å². The van der Waals surface area contributed by atoms with E-state index in [1.54, 1.807) is 24.5 Å². The number of likely N-dealkylation sites (tertiary alicyclic amines) is 1. The molecule has 0 saturated carbocycles. The van der Waals surface area contributed by atoms with Gasteiger partial charge in [0.15, 0.2) is 18.1 Å². The Labute approximate surface area is 158 Å². The summed E-state index contributed by atoms with van der Waals surface area (Å²) in [6.07, 6.45) is 2.35. The number of hydrogen-bond acceptors (Lipinski definition) is 5. The lowest BCUT2D eigenvalue weighted by Crippen LogP contribution is -2.41. The largest absolute Gasteiger partial charge is 0.493 e. The molecule has 0 unspecified atom stereocenters. The first-order valence-corrected chi connectivity index (χ1v) is 9.90. The van der Waals surface area contributed by atoms with E-state index < -0.39 is 0 Å². The molecule has 1 amide bonds. The Morgan fingerprint density at radius 1 is 1.27 bits per heavy atom. The van der Waals surface area contributed by atoms with E-state index >= 15 is 0 Å². The van der Waals surface area contributed by atoms with E-state index in [9.17, 15) is 4.79 Å². The van der Waals surface area contributed by atoms with Crippen molar-refractivity contribution in [2.45, 2.75) is 19.4 Å². The zero-order valence-electron chi connectivity index (χ0n) is 15.1. The summed E-state index contributed by atoms with van der Waals surface area (Å²) in [5, 5.41) is 5.13. The molecule has 26 heavy (non-hydrogen) atoms. The zero-order valence-corrected chi connectivity index (χ0v) is 16.0. The average molecular weight is 375 g/mol. The molecule has 2 heterocycles. The lowest BCUT2D eigenvalue weighted by atomic mass is 9.98. The van der Waals surface area contributed by atoms with E-state index in [1.165, 1.54) is 11.3 Å². The van der Waals surface area contributed by atoms with Crippen LogP contribution in [-0.2, 0) is 11.3 Å². The molecule has 1 fully saturated rings. The molecule has 0 radical (unpaired) electrons. The second-order valence-corrected chi connectivity index (χ2v) is 7.60. The Morgan fingerprint density at radius 2 is 2.12 bits per heavy atom. The predicted octanol–water partition coefficient (Wildman–Crippen LogP) is 3.16. The molecule has 3 rings (SSSR count). The smallest absolute Gasteiger partial charge is 0.257 e. The standard InChI is InChI=1S/C20H26N2O3S/c1-24-18-8-2-3-9-19(18)25-15-20(23)21-12-16-6-4-10-22(13-16)14-17-7-5-11-26-17/h2-3,5,7-9,11,16H,4,6,10,12-15H2,1H3,(H,21,23)/t16-/m1/s1. The van der Waals surface area contributed by atoms with Gasteiger partial charge in [0.05, 0.1) is 7.11 Å². The maximum Gasteiger partial charge on any atom is 0.257 e. The van der Waals surface area contributed by atoms with Crippen LogP contribution < -0.4 is 14.8 Å². The highest BCUT2D eigenvalue weighted by atomic mass is 32.1. The molecule has 1 atom stereocenters. The Balaban J connectivity index is 1.39. The first-order chi connectivity index (χ1) is 12.7. The number of piperidine rings is 1. The third-order valence-electron chi connectivity index (χ3n) is 4.58. The fraction of sp³-hybridized carbons (Fsp3) is 0.450. The van der Waals surface area contributed by atoms with Crippen LogP contribution in [0.1, 0.15) is 17.7 Å². The van der Waals surface area contributed by atoms with Gasteiger partial charge in [-0.3, -0.25) is 9.69 Å². The molecule has 0 spiro atoms. The molecule has 5 nitrogen and oxygen atoms in total. The number of para-hydroxylation sites is 2. The summed E-state index contributed by atoms with van der Waals surface area (Å²) in [5.74, 6) is 1.63. The summed E-state index contributed by atoms with van der Waals surface area (Å²) < 4.78 is 10.8. The molecule has 1 aliphatic rings. The van der Waals surface area contributed by atoms with Crippen molar-refractivity contribution in [3.8, 4) is 11.5 Å². The number of carbonyl (C=O) groups is 1. The predicted molar refractivity (Wildman–Crippen MR) is 104 cm³/mol. The van der Waals surface area contributed by atoms with Gasteiger partial charge < -0.3 is 14.8 Å². The number of rotatable bonds is 8. The van der Waals surface area contributed by atoms with Gasteiger partial charge in [0.2, 0.25) is 0 Å². The van der Waals surface area contributed by atoms with Gasteiger partial charge in [-0.25, -0.2) is 0 Å². The number of nitrogens with one attached hydrogen (secondary N) is 1. The number of ether oxygens (including phenoxy) is 2. The average Bonchev–Trinajstić information content (AvgIpc) is 3.18. The minimum atomic E-state index is -0.0914. The van der Waals surface area contributed by atoms with Crippen LogP contribution in [0.15, 0.2) is 41.8 Å². The van der Waals surface area contributed by atoms with Crippen molar-refractivity contribution in [3.63, 3.8) is 0 Å². The topological polar surface area (TPSA) is 50.8 Å². The molecule has 1 aliphatic heterocycles. The zero-order chi connectivity index (χ0) is 18.2. The Hall–Kier alpha value is -2.05. The second-order valence-electron chi connectivity index (χ2n) is 6.57. The molecule has 0 aliphatic carbocycles. The SMILES string of the molecule is COc1ccccc1OCC(=O)NC[C@H]1CCCN(Cc2cccs2)C1. The maximum absolute atomic E-state index is 12.1. The molecule has 1 aromatic heterocycles. The number of nitrogens with zero attached hydrogens (tertiary/aromatic N) is 1. The molecule has 1 aromatic carbocycles. The monoisotopic (exact) mass is 374 g/mol.